The number of nitrogens with zero attached hydrogens (tertiary/aromatic N) is 4. The van der Waals surface area contributed by atoms with Crippen LogP contribution >= 0.6 is 0 Å². The van der Waals surface area contributed by atoms with Crippen molar-refractivity contribution in [2.24, 2.45) is 4.99 Å². The summed E-state index contributed by atoms with van der Waals surface area (Å²) < 4.78 is 5.33. The van der Waals surface area contributed by atoms with Gasteiger partial charge in [0.1, 0.15) is 11.4 Å². The monoisotopic (exact) mass is 443 g/mol. The van der Waals surface area contributed by atoms with Gasteiger partial charge in [-0.3, -0.25) is 4.98 Å². The normalized spacial score (nSPS) is 11.6. The fourth-order valence-electron chi connectivity index (χ4n) is 3.42. The molecule has 0 atom stereocenters. The summed E-state index contributed by atoms with van der Waals surface area (Å²) in [5.41, 5.74) is 1.57. The van der Waals surface area contributed by atoms with E-state index in [2.05, 4.69) is 21.4 Å². The maximum atomic E-state index is 12.1. The quantitative estimate of drug-likeness (QED) is 0.325. The molecule has 7 heteroatoms. The molecule has 0 bridgehead atoms. The molecule has 33 heavy (non-hydrogen) atoms. The predicted octanol–water partition coefficient (Wildman–Crippen LogP) is 4.68. The van der Waals surface area contributed by atoms with Gasteiger partial charge in [-0.05, 0) is 43.4 Å². The van der Waals surface area contributed by atoms with Crippen molar-refractivity contribution >= 4 is 22.7 Å². The molecule has 0 aliphatic rings. The maximum absolute atomic E-state index is 12.1. The molecule has 0 aliphatic heterocycles. The predicted molar refractivity (Wildman–Crippen MR) is 130 cm³/mol. The maximum Gasteiger partial charge on any atom is 0.407 e. The zero-order valence-electron chi connectivity index (χ0n) is 19.3. The summed E-state index contributed by atoms with van der Waals surface area (Å²) in [5, 5.41) is 14.3. The summed E-state index contributed by atoms with van der Waals surface area (Å²) in [7, 11) is 0. The molecule has 1 heterocycles. The number of pyridine rings is 1. The van der Waals surface area contributed by atoms with Crippen molar-refractivity contribution in [3.8, 4) is 6.19 Å². The number of hydrogen-bond acceptors (Lipinski definition) is 5. The molecular weight excluding hydrogens is 414 g/mol. The highest BCUT2D eigenvalue weighted by Crippen LogP contribution is 2.17. The first kappa shape index (κ1) is 23.7. The van der Waals surface area contributed by atoms with E-state index in [-0.39, 0.29) is 0 Å². The molecule has 0 aliphatic carbocycles. The number of amidine groups is 1. The lowest BCUT2D eigenvalue weighted by atomic mass is 10.1. The summed E-state index contributed by atoms with van der Waals surface area (Å²) in [6.45, 7) is 6.87. The van der Waals surface area contributed by atoms with Crippen LogP contribution in [0.1, 0.15) is 31.9 Å². The van der Waals surface area contributed by atoms with Gasteiger partial charge in [0.05, 0.1) is 0 Å². The number of fused-ring (bicyclic) bond motifs is 1. The van der Waals surface area contributed by atoms with Crippen molar-refractivity contribution in [1.82, 2.24) is 15.2 Å². The fourth-order valence-corrected chi connectivity index (χ4v) is 3.42. The number of nitriles is 1. The first-order chi connectivity index (χ1) is 15.8. The highest BCUT2D eigenvalue weighted by molar-refractivity contribution is 5.88. The van der Waals surface area contributed by atoms with Crippen molar-refractivity contribution < 1.29 is 9.53 Å². The molecule has 3 aromatic rings. The van der Waals surface area contributed by atoms with E-state index >= 15 is 0 Å². The van der Waals surface area contributed by atoms with Crippen molar-refractivity contribution in [3.63, 3.8) is 0 Å². The Morgan fingerprint density at radius 3 is 2.64 bits per heavy atom. The summed E-state index contributed by atoms with van der Waals surface area (Å²) >= 11 is 0. The molecule has 170 valence electrons. The van der Waals surface area contributed by atoms with Crippen LogP contribution < -0.4 is 5.32 Å². The minimum atomic E-state index is -0.563. The number of ether oxygens (including phenoxy) is 1. The van der Waals surface area contributed by atoms with Gasteiger partial charge in [-0.15, -0.1) is 0 Å². The number of rotatable bonds is 7. The first-order valence-electron chi connectivity index (χ1n) is 10.9. The van der Waals surface area contributed by atoms with Gasteiger partial charge in [0.25, 0.3) is 0 Å². The Morgan fingerprint density at radius 2 is 1.91 bits per heavy atom. The van der Waals surface area contributed by atoms with Gasteiger partial charge >= 0.3 is 6.09 Å². The second-order valence-electron chi connectivity index (χ2n) is 8.70. The topological polar surface area (TPSA) is 90.6 Å². The lowest BCUT2D eigenvalue weighted by molar-refractivity contribution is 0.0525. The van der Waals surface area contributed by atoms with Gasteiger partial charge in [0.2, 0.25) is 6.19 Å². The van der Waals surface area contributed by atoms with Crippen molar-refractivity contribution in [3.05, 3.63) is 78.1 Å². The van der Waals surface area contributed by atoms with E-state index in [0.29, 0.717) is 31.9 Å². The molecule has 0 fully saturated rings. The zero-order valence-corrected chi connectivity index (χ0v) is 19.3. The van der Waals surface area contributed by atoms with Crippen molar-refractivity contribution in [2.75, 3.05) is 13.1 Å². The Kier molecular flexibility index (Phi) is 7.98. The number of carbonyl (C=O) groups is 1. The highest BCUT2D eigenvalue weighted by atomic mass is 16.6. The second kappa shape index (κ2) is 11.1. The SMILES string of the molecule is CC(C)(C)OC(=O)NCCN(Cc1ccccc1)C(Cc1ccc2cnccc2c1)=NC#N. The van der Waals surface area contributed by atoms with E-state index in [1.54, 1.807) is 6.20 Å². The number of carbonyl (C=O) groups excluding carboxylic acids is 1. The van der Waals surface area contributed by atoms with Crippen LogP contribution in [0.25, 0.3) is 10.8 Å². The van der Waals surface area contributed by atoms with Gasteiger partial charge in [-0.1, -0.05) is 48.5 Å². The Balaban J connectivity index is 1.78. The third-order valence-electron chi connectivity index (χ3n) is 4.88. The number of nitrogens with one attached hydrogen (secondary N) is 1. The Morgan fingerprint density at radius 1 is 1.12 bits per heavy atom. The minimum absolute atomic E-state index is 0.357. The van der Waals surface area contributed by atoms with Crippen molar-refractivity contribution in [1.29, 1.82) is 5.26 Å². The van der Waals surface area contributed by atoms with Crippen LogP contribution in [0, 0.1) is 11.5 Å². The van der Waals surface area contributed by atoms with Gasteiger partial charge in [-0.2, -0.15) is 10.3 Å². The van der Waals surface area contributed by atoms with E-state index in [0.717, 1.165) is 21.9 Å². The molecule has 0 spiro atoms. The van der Waals surface area contributed by atoms with Crippen LogP contribution in [0.5, 0.6) is 0 Å². The van der Waals surface area contributed by atoms with Crippen LogP contribution in [-0.2, 0) is 17.7 Å². The number of aromatic nitrogens is 1. The van der Waals surface area contributed by atoms with Gasteiger partial charge < -0.3 is 15.0 Å². The van der Waals surface area contributed by atoms with Crippen LogP contribution in [-0.4, -0.2) is 40.5 Å². The Hall–Kier alpha value is -3.92. The van der Waals surface area contributed by atoms with E-state index in [1.165, 1.54) is 0 Å². The second-order valence-corrected chi connectivity index (χ2v) is 8.70. The minimum Gasteiger partial charge on any atom is -0.444 e. The lowest BCUT2D eigenvalue weighted by Crippen LogP contribution is -2.40. The summed E-state index contributed by atoms with van der Waals surface area (Å²) in [6, 6.07) is 18.1. The molecule has 0 saturated heterocycles. The first-order valence-corrected chi connectivity index (χ1v) is 10.9. The smallest absolute Gasteiger partial charge is 0.407 e. The highest BCUT2D eigenvalue weighted by Gasteiger charge is 2.17. The lowest BCUT2D eigenvalue weighted by Gasteiger charge is -2.27. The zero-order chi connectivity index (χ0) is 23.7. The molecule has 0 saturated carbocycles. The van der Waals surface area contributed by atoms with Gasteiger partial charge in [0.15, 0.2) is 0 Å². The summed E-state index contributed by atoms with van der Waals surface area (Å²) in [5.74, 6) is 0.640. The molecular formula is C26H29N5O2. The number of alkyl carbamates (subject to hydrolysis) is 1. The molecule has 1 amide bonds. The molecule has 7 nitrogen and oxygen atoms in total. The molecule has 0 unspecified atom stereocenters. The molecule has 2 aromatic carbocycles. The molecule has 0 radical (unpaired) electrons. The number of aliphatic imine (C=N–C) groups is 1. The molecule has 1 aromatic heterocycles. The summed E-state index contributed by atoms with van der Waals surface area (Å²) in [6.07, 6.45) is 5.56. The van der Waals surface area contributed by atoms with Gasteiger partial charge in [0, 0.05) is 43.8 Å². The average molecular weight is 444 g/mol. The number of amides is 1. The molecule has 3 rings (SSSR count). The van der Waals surface area contributed by atoms with Crippen LogP contribution in [0.2, 0.25) is 0 Å². The molecule has 1 N–H and O–H groups in total. The fraction of sp³-hybridized carbons (Fsp3) is 0.308. The third-order valence-corrected chi connectivity index (χ3v) is 4.88. The van der Waals surface area contributed by atoms with E-state index < -0.39 is 11.7 Å². The van der Waals surface area contributed by atoms with E-state index in [9.17, 15) is 10.1 Å². The summed E-state index contributed by atoms with van der Waals surface area (Å²) in [4.78, 5) is 22.4. The van der Waals surface area contributed by atoms with Crippen molar-refractivity contribution in [2.45, 2.75) is 39.3 Å². The average Bonchev–Trinajstić information content (AvgIpc) is 2.77. The standard InChI is InChI=1S/C26H29N5O2/c1-26(2,3)33-25(32)29-13-14-31(18-20-7-5-4-6-8-20)24(30-19-27)16-21-9-10-23-17-28-12-11-22(23)15-21/h4-12,15,17H,13-14,16,18H2,1-3H3,(H,29,32). The Labute approximate surface area is 194 Å². The number of hydrogen-bond donors (Lipinski definition) is 1. The van der Waals surface area contributed by atoms with Crippen LogP contribution in [0.4, 0.5) is 4.79 Å². The Bertz CT molecular complexity index is 1150. The third kappa shape index (κ3) is 7.62. The van der Waals surface area contributed by atoms with Crippen LogP contribution in [0.15, 0.2) is 72.0 Å². The van der Waals surface area contributed by atoms with Crippen LogP contribution in [0.3, 0.4) is 0 Å². The largest absolute Gasteiger partial charge is 0.444 e. The van der Waals surface area contributed by atoms with E-state index in [4.69, 9.17) is 4.74 Å². The van der Waals surface area contributed by atoms with E-state index in [1.807, 2.05) is 86.6 Å². The van der Waals surface area contributed by atoms with Gasteiger partial charge in [-0.25, -0.2) is 4.79 Å². The number of benzene rings is 2.